The van der Waals surface area contributed by atoms with Crippen molar-refractivity contribution < 1.29 is 14.3 Å². The number of unbranched alkanes of at least 4 members (excludes halogenated alkanes) is 3. The van der Waals surface area contributed by atoms with Gasteiger partial charge in [0.2, 0.25) is 0 Å². The summed E-state index contributed by atoms with van der Waals surface area (Å²) in [4.78, 5) is 55.5. The van der Waals surface area contributed by atoms with Gasteiger partial charge in [-0.2, -0.15) is 0 Å². The van der Waals surface area contributed by atoms with E-state index in [2.05, 4.69) is 4.98 Å². The molecule has 0 saturated heterocycles. The number of aromatic amines is 1. The molecule has 0 saturated carbocycles. The lowest BCUT2D eigenvalue weighted by atomic mass is 10.2. The summed E-state index contributed by atoms with van der Waals surface area (Å²) >= 11 is 1.34. The van der Waals surface area contributed by atoms with Crippen molar-refractivity contribution in [3.63, 3.8) is 0 Å². The summed E-state index contributed by atoms with van der Waals surface area (Å²) in [6, 6.07) is 1.75. The molecule has 0 atom stereocenters. The number of aromatic nitrogens is 2. The Morgan fingerprint density at radius 3 is 2.45 bits per heavy atom. The summed E-state index contributed by atoms with van der Waals surface area (Å²) in [6.45, 7) is 7.95. The number of nitrogen functional groups attached to an aromatic ring is 1. The van der Waals surface area contributed by atoms with E-state index in [0.29, 0.717) is 24.3 Å². The summed E-state index contributed by atoms with van der Waals surface area (Å²) < 4.78 is 6.54. The minimum absolute atomic E-state index is 0.0603. The first-order chi connectivity index (χ1) is 15.7. The van der Waals surface area contributed by atoms with Crippen LogP contribution in [0.3, 0.4) is 0 Å². The Morgan fingerprint density at radius 1 is 1.15 bits per heavy atom. The van der Waals surface area contributed by atoms with Crippen LogP contribution in [0, 0.1) is 6.92 Å². The first kappa shape index (κ1) is 26.4. The zero-order valence-electron chi connectivity index (χ0n) is 19.9. The maximum atomic E-state index is 13.1. The molecule has 2 rings (SSSR count). The second-order valence-electron chi connectivity index (χ2n) is 7.90. The molecule has 0 fully saturated rings. The number of carbonyl (C=O) groups excluding carboxylic acids is 2. The second-order valence-corrected chi connectivity index (χ2v) is 9.03. The zero-order chi connectivity index (χ0) is 24.5. The molecule has 0 aliphatic rings. The average Bonchev–Trinajstić information content (AvgIpc) is 3.16. The number of amides is 1. The third-order valence-corrected chi connectivity index (χ3v) is 6.74. The number of ether oxygens (including phenoxy) is 1. The summed E-state index contributed by atoms with van der Waals surface area (Å²) in [5, 5.41) is 0. The van der Waals surface area contributed by atoms with Crippen molar-refractivity contribution in [2.75, 3.05) is 23.8 Å². The normalized spacial score (nSPS) is 10.9. The van der Waals surface area contributed by atoms with Crippen LogP contribution in [0.2, 0.25) is 0 Å². The van der Waals surface area contributed by atoms with E-state index in [9.17, 15) is 19.2 Å². The van der Waals surface area contributed by atoms with E-state index in [1.165, 1.54) is 20.8 Å². The van der Waals surface area contributed by atoms with Crippen molar-refractivity contribution in [2.45, 2.75) is 72.8 Å². The van der Waals surface area contributed by atoms with E-state index >= 15 is 0 Å². The molecule has 0 aromatic carbocycles. The van der Waals surface area contributed by atoms with Gasteiger partial charge < -0.3 is 15.4 Å². The van der Waals surface area contributed by atoms with Crippen molar-refractivity contribution in [3.05, 3.63) is 42.2 Å². The summed E-state index contributed by atoms with van der Waals surface area (Å²) in [5.74, 6) is -1.21. The van der Waals surface area contributed by atoms with Gasteiger partial charge in [0.1, 0.15) is 10.7 Å². The number of nitrogens with one attached hydrogen (secondary N) is 1. The Hall–Kier alpha value is -2.88. The Kier molecular flexibility index (Phi) is 9.90. The molecule has 0 spiro atoms. The number of thiophene rings is 1. The maximum Gasteiger partial charge on any atom is 0.348 e. The van der Waals surface area contributed by atoms with Gasteiger partial charge in [-0.15, -0.1) is 11.3 Å². The van der Waals surface area contributed by atoms with Crippen LogP contribution in [0.5, 0.6) is 0 Å². The number of rotatable bonds is 12. The molecule has 0 radical (unpaired) electrons. The minimum atomic E-state index is -0.733. The van der Waals surface area contributed by atoms with Gasteiger partial charge in [0.05, 0.1) is 0 Å². The minimum Gasteiger partial charge on any atom is -0.451 e. The van der Waals surface area contributed by atoms with Gasteiger partial charge in [0.15, 0.2) is 12.3 Å². The highest BCUT2D eigenvalue weighted by Gasteiger charge is 2.25. The monoisotopic (exact) mass is 478 g/mol. The topological polar surface area (TPSA) is 127 Å². The van der Waals surface area contributed by atoms with E-state index in [-0.39, 0.29) is 18.1 Å². The van der Waals surface area contributed by atoms with Crippen molar-refractivity contribution >= 4 is 34.7 Å². The number of H-pyrrole nitrogens is 1. The summed E-state index contributed by atoms with van der Waals surface area (Å²) in [6.07, 6.45) is 4.71. The fourth-order valence-corrected chi connectivity index (χ4v) is 4.51. The third kappa shape index (κ3) is 6.56. The number of esters is 1. The van der Waals surface area contributed by atoms with Crippen LogP contribution in [-0.4, -0.2) is 34.6 Å². The molecule has 1 amide bonds. The number of aryl methyl sites for hydroxylation is 2. The SMILES string of the molecule is CCCCCN(C(=O)COC(=O)c1cc(C)c(CC)s1)c1c(N)n(CCCC)c(=O)[nH]c1=O. The van der Waals surface area contributed by atoms with Gasteiger partial charge >= 0.3 is 11.7 Å². The van der Waals surface area contributed by atoms with Crippen LogP contribution >= 0.6 is 11.3 Å². The fraction of sp³-hybridized carbons (Fsp3) is 0.565. The van der Waals surface area contributed by atoms with E-state index < -0.39 is 29.7 Å². The van der Waals surface area contributed by atoms with Crippen molar-refractivity contribution in [3.8, 4) is 0 Å². The number of nitrogens with two attached hydrogens (primary N) is 1. The second kappa shape index (κ2) is 12.4. The Balaban J connectivity index is 2.30. The van der Waals surface area contributed by atoms with Crippen LogP contribution in [0.25, 0.3) is 0 Å². The Morgan fingerprint density at radius 2 is 1.85 bits per heavy atom. The number of anilines is 2. The van der Waals surface area contributed by atoms with E-state index in [4.69, 9.17) is 10.5 Å². The zero-order valence-corrected chi connectivity index (χ0v) is 20.7. The molecular formula is C23H34N4O5S. The number of nitrogens with zero attached hydrogens (tertiary/aromatic N) is 2. The predicted octanol–water partition coefficient (Wildman–Crippen LogP) is 3.23. The Labute approximate surface area is 197 Å². The Bertz CT molecular complexity index is 1090. The molecule has 2 aromatic rings. The predicted molar refractivity (Wildman–Crippen MR) is 131 cm³/mol. The van der Waals surface area contributed by atoms with E-state index in [1.54, 1.807) is 6.07 Å². The van der Waals surface area contributed by atoms with Crippen LogP contribution < -0.4 is 21.9 Å². The molecule has 33 heavy (non-hydrogen) atoms. The maximum absolute atomic E-state index is 13.1. The molecular weight excluding hydrogens is 444 g/mol. The lowest BCUT2D eigenvalue weighted by Crippen LogP contribution is -2.43. The lowest BCUT2D eigenvalue weighted by Gasteiger charge is -2.24. The third-order valence-electron chi connectivity index (χ3n) is 5.38. The molecule has 0 aliphatic heterocycles. The van der Waals surface area contributed by atoms with Gasteiger partial charge in [-0.25, -0.2) is 9.59 Å². The highest BCUT2D eigenvalue weighted by molar-refractivity contribution is 7.14. The molecule has 10 heteroatoms. The first-order valence-electron chi connectivity index (χ1n) is 11.4. The van der Waals surface area contributed by atoms with E-state index in [1.807, 2.05) is 27.7 Å². The molecule has 0 unspecified atom stereocenters. The van der Waals surface area contributed by atoms with Gasteiger partial charge in [-0.05, 0) is 37.8 Å². The highest BCUT2D eigenvalue weighted by atomic mass is 32.1. The molecule has 2 heterocycles. The van der Waals surface area contributed by atoms with Crippen LogP contribution in [-0.2, 0) is 22.5 Å². The van der Waals surface area contributed by atoms with Gasteiger partial charge in [-0.1, -0.05) is 40.0 Å². The van der Waals surface area contributed by atoms with Crippen molar-refractivity contribution in [1.82, 2.24) is 9.55 Å². The van der Waals surface area contributed by atoms with Gasteiger partial charge in [0.25, 0.3) is 11.5 Å². The van der Waals surface area contributed by atoms with Crippen LogP contribution in [0.4, 0.5) is 11.5 Å². The summed E-state index contributed by atoms with van der Waals surface area (Å²) in [7, 11) is 0. The van der Waals surface area contributed by atoms with Crippen molar-refractivity contribution in [1.29, 1.82) is 0 Å². The number of hydrogen-bond acceptors (Lipinski definition) is 7. The highest BCUT2D eigenvalue weighted by Crippen LogP contribution is 2.23. The molecule has 9 nitrogen and oxygen atoms in total. The molecule has 0 aliphatic carbocycles. The number of hydrogen-bond donors (Lipinski definition) is 2. The first-order valence-corrected chi connectivity index (χ1v) is 12.3. The molecule has 3 N–H and O–H groups in total. The van der Waals surface area contributed by atoms with E-state index in [0.717, 1.165) is 36.1 Å². The largest absolute Gasteiger partial charge is 0.451 e. The molecule has 182 valence electrons. The fourth-order valence-electron chi connectivity index (χ4n) is 3.51. The van der Waals surface area contributed by atoms with Gasteiger partial charge in [-0.3, -0.25) is 19.1 Å². The molecule has 0 bridgehead atoms. The van der Waals surface area contributed by atoms with Gasteiger partial charge in [0, 0.05) is 18.0 Å². The smallest absolute Gasteiger partial charge is 0.348 e. The van der Waals surface area contributed by atoms with Crippen LogP contribution in [0.1, 0.15) is 73.0 Å². The lowest BCUT2D eigenvalue weighted by molar-refractivity contribution is -0.121. The summed E-state index contributed by atoms with van der Waals surface area (Å²) in [5.41, 5.74) is 5.78. The number of carbonyl (C=O) groups is 2. The van der Waals surface area contributed by atoms with Crippen molar-refractivity contribution in [2.24, 2.45) is 0 Å². The standard InChI is InChI=1S/C23H34N4O5S/c1-5-8-10-12-26(19-20(24)27(11-9-6-2)23(31)25-21(19)29)18(28)14-32-22(30)17-13-15(4)16(7-3)33-17/h13H,5-12,14,24H2,1-4H3,(H,25,29,31). The molecule has 2 aromatic heterocycles. The average molecular weight is 479 g/mol. The van der Waals surface area contributed by atoms with Crippen LogP contribution in [0.15, 0.2) is 15.7 Å². The quantitative estimate of drug-likeness (QED) is 0.356.